The number of amides is 1. The summed E-state index contributed by atoms with van der Waals surface area (Å²) < 4.78 is 17.2. The molecule has 1 atom stereocenters. The maximum absolute atomic E-state index is 12.8. The topological polar surface area (TPSA) is 71.6 Å². The lowest BCUT2D eigenvalue weighted by Gasteiger charge is -2.38. The van der Waals surface area contributed by atoms with Gasteiger partial charge in [0.15, 0.2) is 5.60 Å². The minimum atomic E-state index is -1.14. The number of esters is 1. The van der Waals surface area contributed by atoms with Gasteiger partial charge in [-0.25, -0.2) is 0 Å². The lowest BCUT2D eigenvalue weighted by atomic mass is 10.0. The molecule has 0 spiro atoms. The lowest BCUT2D eigenvalue weighted by molar-refractivity contribution is -0.169. The molecule has 0 radical (unpaired) electrons. The Morgan fingerprint density at radius 2 is 1.51 bits per heavy atom. The number of carbonyl (C=O) groups is 2. The SMILES string of the molecule is CC(=O)OC(C)(C)C(=O)N1CCN(CCOC(c2ccccc2)c2ccc(N3CCOCC3)cc2)CC1. The zero-order chi connectivity index (χ0) is 26.3. The molecule has 2 aliphatic rings. The average molecular weight is 510 g/mol. The van der Waals surface area contributed by atoms with Crippen LogP contribution in [0.2, 0.25) is 0 Å². The predicted molar refractivity (Wildman–Crippen MR) is 143 cm³/mol. The monoisotopic (exact) mass is 509 g/mol. The first-order valence-corrected chi connectivity index (χ1v) is 13.1. The summed E-state index contributed by atoms with van der Waals surface area (Å²) >= 11 is 0. The number of hydrogen-bond acceptors (Lipinski definition) is 7. The van der Waals surface area contributed by atoms with Gasteiger partial charge in [-0.1, -0.05) is 42.5 Å². The van der Waals surface area contributed by atoms with Crippen LogP contribution in [0.25, 0.3) is 0 Å². The molecule has 8 nitrogen and oxygen atoms in total. The van der Waals surface area contributed by atoms with Crippen molar-refractivity contribution in [3.8, 4) is 0 Å². The molecule has 2 aromatic rings. The van der Waals surface area contributed by atoms with Crippen molar-refractivity contribution in [1.82, 2.24) is 9.80 Å². The third kappa shape index (κ3) is 7.31. The highest BCUT2D eigenvalue weighted by molar-refractivity contribution is 5.86. The molecule has 0 aromatic heterocycles. The van der Waals surface area contributed by atoms with Crippen molar-refractivity contribution in [3.63, 3.8) is 0 Å². The van der Waals surface area contributed by atoms with E-state index in [4.69, 9.17) is 14.2 Å². The number of nitrogens with zero attached hydrogens (tertiary/aromatic N) is 3. The molecule has 2 aliphatic heterocycles. The van der Waals surface area contributed by atoms with Crippen LogP contribution in [-0.2, 0) is 23.8 Å². The van der Waals surface area contributed by atoms with Gasteiger partial charge in [0, 0.05) is 58.4 Å². The molecule has 0 bridgehead atoms. The molecule has 0 saturated carbocycles. The fourth-order valence-corrected chi connectivity index (χ4v) is 4.95. The molecule has 2 saturated heterocycles. The van der Waals surface area contributed by atoms with E-state index in [-0.39, 0.29) is 12.0 Å². The molecule has 4 rings (SSSR count). The Morgan fingerprint density at radius 3 is 2.14 bits per heavy atom. The molecule has 2 aromatic carbocycles. The van der Waals surface area contributed by atoms with Gasteiger partial charge < -0.3 is 24.0 Å². The van der Waals surface area contributed by atoms with Gasteiger partial charge in [0.1, 0.15) is 6.10 Å². The van der Waals surface area contributed by atoms with Gasteiger partial charge in [-0.05, 0) is 37.1 Å². The second kappa shape index (κ2) is 12.5. The summed E-state index contributed by atoms with van der Waals surface area (Å²) in [6, 6.07) is 19.0. The molecule has 8 heteroatoms. The van der Waals surface area contributed by atoms with Crippen LogP contribution in [0.15, 0.2) is 54.6 Å². The summed E-state index contributed by atoms with van der Waals surface area (Å²) in [5.41, 5.74) is 2.33. The smallest absolute Gasteiger partial charge is 0.303 e. The molecular weight excluding hydrogens is 470 g/mol. The van der Waals surface area contributed by atoms with Crippen molar-refractivity contribution in [2.45, 2.75) is 32.5 Å². The molecule has 200 valence electrons. The van der Waals surface area contributed by atoms with E-state index in [9.17, 15) is 9.59 Å². The number of carbonyl (C=O) groups excluding carboxylic acids is 2. The van der Waals surface area contributed by atoms with E-state index in [0.717, 1.165) is 57.1 Å². The van der Waals surface area contributed by atoms with Gasteiger partial charge in [-0.2, -0.15) is 0 Å². The van der Waals surface area contributed by atoms with Gasteiger partial charge in [-0.3, -0.25) is 14.5 Å². The number of anilines is 1. The van der Waals surface area contributed by atoms with Crippen molar-refractivity contribution >= 4 is 17.6 Å². The van der Waals surface area contributed by atoms with E-state index in [1.807, 2.05) is 18.2 Å². The number of rotatable bonds is 9. The second-order valence-electron chi connectivity index (χ2n) is 10.1. The van der Waals surface area contributed by atoms with Gasteiger partial charge in [-0.15, -0.1) is 0 Å². The van der Waals surface area contributed by atoms with E-state index >= 15 is 0 Å². The molecule has 37 heavy (non-hydrogen) atoms. The van der Waals surface area contributed by atoms with E-state index < -0.39 is 11.6 Å². The Bertz CT molecular complexity index is 1010. The van der Waals surface area contributed by atoms with Crippen LogP contribution in [0.5, 0.6) is 0 Å². The zero-order valence-electron chi connectivity index (χ0n) is 22.2. The Kier molecular flexibility index (Phi) is 9.18. The standard InChI is InChI=1S/C29H39N3O5/c1-23(33)37-29(2,3)28(34)32-15-13-30(14-16-32)17-22-36-27(24-7-5-4-6-8-24)25-9-11-26(12-10-25)31-18-20-35-21-19-31/h4-12,27H,13-22H2,1-3H3. The largest absolute Gasteiger partial charge is 0.450 e. The van der Waals surface area contributed by atoms with Crippen LogP contribution in [0.4, 0.5) is 5.69 Å². The minimum absolute atomic E-state index is 0.146. The van der Waals surface area contributed by atoms with E-state index in [1.54, 1.807) is 18.7 Å². The first-order chi connectivity index (χ1) is 17.8. The van der Waals surface area contributed by atoms with E-state index in [2.05, 4.69) is 46.2 Å². The fourth-order valence-electron chi connectivity index (χ4n) is 4.95. The quantitative estimate of drug-likeness (QED) is 0.481. The van der Waals surface area contributed by atoms with Gasteiger partial charge in [0.05, 0.1) is 19.8 Å². The van der Waals surface area contributed by atoms with Crippen LogP contribution in [0.1, 0.15) is 38.0 Å². The summed E-state index contributed by atoms with van der Waals surface area (Å²) in [6.45, 7) is 12.1. The predicted octanol–water partition coefficient (Wildman–Crippen LogP) is 3.12. The van der Waals surface area contributed by atoms with Gasteiger partial charge in [0.2, 0.25) is 0 Å². The maximum Gasteiger partial charge on any atom is 0.303 e. The van der Waals surface area contributed by atoms with Gasteiger partial charge in [0.25, 0.3) is 5.91 Å². The Hall–Kier alpha value is -2.94. The highest BCUT2D eigenvalue weighted by atomic mass is 16.6. The molecule has 1 amide bonds. The zero-order valence-corrected chi connectivity index (χ0v) is 22.2. The molecule has 0 N–H and O–H groups in total. The van der Waals surface area contributed by atoms with Crippen molar-refractivity contribution in [2.75, 3.05) is 70.5 Å². The summed E-state index contributed by atoms with van der Waals surface area (Å²) in [7, 11) is 0. The third-order valence-corrected chi connectivity index (χ3v) is 6.94. The maximum atomic E-state index is 12.8. The normalized spacial score (nSPS) is 17.9. The molecule has 2 fully saturated rings. The Labute approximate surface area is 220 Å². The van der Waals surface area contributed by atoms with Gasteiger partial charge >= 0.3 is 5.97 Å². The van der Waals surface area contributed by atoms with Crippen molar-refractivity contribution < 1.29 is 23.8 Å². The second-order valence-corrected chi connectivity index (χ2v) is 10.1. The third-order valence-electron chi connectivity index (χ3n) is 6.94. The van der Waals surface area contributed by atoms with Crippen LogP contribution >= 0.6 is 0 Å². The van der Waals surface area contributed by atoms with Crippen molar-refractivity contribution in [2.24, 2.45) is 0 Å². The Morgan fingerprint density at radius 1 is 0.892 bits per heavy atom. The van der Waals surface area contributed by atoms with Crippen LogP contribution in [0, 0.1) is 0 Å². The molecule has 0 aliphatic carbocycles. The Balaban J connectivity index is 1.32. The molecule has 2 heterocycles. The summed E-state index contributed by atoms with van der Waals surface area (Å²) in [6.07, 6.45) is -0.146. The van der Waals surface area contributed by atoms with Crippen LogP contribution in [0.3, 0.4) is 0 Å². The number of hydrogen-bond donors (Lipinski definition) is 0. The fraction of sp³-hybridized carbons (Fsp3) is 0.517. The lowest BCUT2D eigenvalue weighted by Crippen LogP contribution is -2.55. The van der Waals surface area contributed by atoms with Crippen molar-refractivity contribution in [1.29, 1.82) is 0 Å². The summed E-state index contributed by atoms with van der Waals surface area (Å²) in [4.78, 5) is 30.6. The van der Waals surface area contributed by atoms with E-state index in [1.165, 1.54) is 12.6 Å². The molecular formula is C29H39N3O5. The number of ether oxygens (including phenoxy) is 3. The highest BCUT2D eigenvalue weighted by Crippen LogP contribution is 2.28. The summed E-state index contributed by atoms with van der Waals surface area (Å²) in [5, 5.41) is 0. The first kappa shape index (κ1) is 27.1. The highest BCUT2D eigenvalue weighted by Gasteiger charge is 2.36. The minimum Gasteiger partial charge on any atom is -0.450 e. The first-order valence-electron chi connectivity index (χ1n) is 13.1. The number of piperazine rings is 1. The van der Waals surface area contributed by atoms with Crippen LogP contribution in [-0.4, -0.2) is 92.9 Å². The van der Waals surface area contributed by atoms with Crippen molar-refractivity contribution in [3.05, 3.63) is 65.7 Å². The van der Waals surface area contributed by atoms with Crippen LogP contribution < -0.4 is 4.90 Å². The molecule has 1 unspecified atom stereocenters. The number of morpholine rings is 1. The number of benzene rings is 2. The van der Waals surface area contributed by atoms with E-state index in [0.29, 0.717) is 19.7 Å². The summed E-state index contributed by atoms with van der Waals surface area (Å²) in [5.74, 6) is -0.596. The average Bonchev–Trinajstić information content (AvgIpc) is 2.91.